The lowest BCUT2D eigenvalue weighted by atomic mass is 9.86. The molecule has 0 radical (unpaired) electrons. The van der Waals surface area contributed by atoms with Gasteiger partial charge in [0.1, 0.15) is 12.4 Å². The Labute approximate surface area is 164 Å². The summed E-state index contributed by atoms with van der Waals surface area (Å²) in [4.78, 5) is 27.3. The fraction of sp³-hybridized carbons (Fsp3) is 0.381. The van der Waals surface area contributed by atoms with Crippen molar-refractivity contribution in [1.29, 1.82) is 0 Å². The zero-order valence-corrected chi connectivity index (χ0v) is 15.6. The van der Waals surface area contributed by atoms with E-state index in [1.54, 1.807) is 12.4 Å². The van der Waals surface area contributed by atoms with E-state index in [4.69, 9.17) is 9.84 Å². The van der Waals surface area contributed by atoms with Crippen molar-refractivity contribution in [2.45, 2.75) is 44.9 Å². The predicted octanol–water partition coefficient (Wildman–Crippen LogP) is 3.10. The van der Waals surface area contributed by atoms with E-state index in [0.29, 0.717) is 44.6 Å². The van der Waals surface area contributed by atoms with Crippen molar-refractivity contribution in [3.63, 3.8) is 0 Å². The van der Waals surface area contributed by atoms with Gasteiger partial charge in [-0.3, -0.25) is 9.78 Å². The Balaban J connectivity index is 1.46. The maximum absolute atomic E-state index is 12.2. The van der Waals surface area contributed by atoms with Gasteiger partial charge >= 0.3 is 12.0 Å². The zero-order chi connectivity index (χ0) is 19.8. The lowest BCUT2D eigenvalue weighted by molar-refractivity contribution is -0.142. The second-order valence-corrected chi connectivity index (χ2v) is 6.97. The largest absolute Gasteiger partial charge is 0.487 e. The third kappa shape index (κ3) is 5.70. The van der Waals surface area contributed by atoms with E-state index in [9.17, 15) is 9.59 Å². The van der Waals surface area contributed by atoms with Crippen molar-refractivity contribution >= 4 is 12.0 Å². The molecule has 2 amide bonds. The zero-order valence-electron chi connectivity index (χ0n) is 15.6. The van der Waals surface area contributed by atoms with Crippen LogP contribution in [-0.2, 0) is 17.9 Å². The normalized spacial score (nSPS) is 18.9. The van der Waals surface area contributed by atoms with Crippen molar-refractivity contribution in [2.24, 2.45) is 5.92 Å². The van der Waals surface area contributed by atoms with Crippen LogP contribution in [0.25, 0.3) is 0 Å². The van der Waals surface area contributed by atoms with Crippen LogP contribution < -0.4 is 15.4 Å². The van der Waals surface area contributed by atoms with Gasteiger partial charge in [-0.2, -0.15) is 0 Å². The van der Waals surface area contributed by atoms with Gasteiger partial charge in [0.15, 0.2) is 0 Å². The van der Waals surface area contributed by atoms with Gasteiger partial charge in [-0.1, -0.05) is 30.3 Å². The molecule has 1 aromatic carbocycles. The third-order valence-electron chi connectivity index (χ3n) is 4.96. The van der Waals surface area contributed by atoms with Gasteiger partial charge in [0.05, 0.1) is 12.1 Å². The number of benzene rings is 1. The standard InChI is InChI=1S/C21H25N3O4/c25-20(26)16-6-8-18(9-7-16)24-21(27)23-12-17-10-11-22-13-19(17)28-14-15-4-2-1-3-5-15/h1-5,10-11,13,16,18H,6-9,12,14H2,(H,25,26)(H2,23,24,27). The van der Waals surface area contributed by atoms with E-state index in [-0.39, 0.29) is 18.0 Å². The number of aliphatic carboxylic acids is 1. The first-order valence-corrected chi connectivity index (χ1v) is 9.48. The summed E-state index contributed by atoms with van der Waals surface area (Å²) in [6.45, 7) is 0.751. The molecule has 28 heavy (non-hydrogen) atoms. The quantitative estimate of drug-likeness (QED) is 0.682. The van der Waals surface area contributed by atoms with Gasteiger partial charge in [0.25, 0.3) is 0 Å². The summed E-state index contributed by atoms with van der Waals surface area (Å²) in [6.07, 6.45) is 5.88. The number of urea groups is 1. The molecule has 3 rings (SSSR count). The fourth-order valence-corrected chi connectivity index (χ4v) is 3.32. The van der Waals surface area contributed by atoms with E-state index >= 15 is 0 Å². The van der Waals surface area contributed by atoms with Crippen LogP contribution in [0.5, 0.6) is 5.75 Å². The van der Waals surface area contributed by atoms with Crippen molar-refractivity contribution in [3.8, 4) is 5.75 Å². The topological polar surface area (TPSA) is 101 Å². The van der Waals surface area contributed by atoms with Crippen LogP contribution >= 0.6 is 0 Å². The van der Waals surface area contributed by atoms with E-state index in [0.717, 1.165) is 11.1 Å². The number of aromatic nitrogens is 1. The minimum atomic E-state index is -0.747. The molecule has 1 fully saturated rings. The van der Waals surface area contributed by atoms with E-state index in [1.807, 2.05) is 36.4 Å². The molecule has 0 unspecified atom stereocenters. The maximum Gasteiger partial charge on any atom is 0.315 e. The molecule has 7 nitrogen and oxygen atoms in total. The molecular formula is C21H25N3O4. The number of nitrogens with one attached hydrogen (secondary N) is 2. The van der Waals surface area contributed by atoms with Crippen molar-refractivity contribution < 1.29 is 19.4 Å². The monoisotopic (exact) mass is 383 g/mol. The SMILES string of the molecule is O=C(NCc1ccncc1OCc1ccccc1)NC1CCC(C(=O)O)CC1. The molecular weight excluding hydrogens is 358 g/mol. The van der Waals surface area contributed by atoms with Crippen LogP contribution in [0.2, 0.25) is 0 Å². The number of carbonyl (C=O) groups excluding carboxylic acids is 1. The minimum Gasteiger partial charge on any atom is -0.487 e. The van der Waals surface area contributed by atoms with Crippen LogP contribution in [-0.4, -0.2) is 28.1 Å². The van der Waals surface area contributed by atoms with E-state index < -0.39 is 5.97 Å². The number of carboxylic acid groups (broad SMARTS) is 1. The number of carboxylic acids is 1. The number of ether oxygens (including phenoxy) is 1. The Bertz CT molecular complexity index is 789. The van der Waals surface area contributed by atoms with Gasteiger partial charge in [-0.05, 0) is 37.3 Å². The molecule has 0 spiro atoms. The van der Waals surface area contributed by atoms with Crippen molar-refractivity contribution in [2.75, 3.05) is 0 Å². The summed E-state index contributed by atoms with van der Waals surface area (Å²) in [5, 5.41) is 14.8. The molecule has 7 heteroatoms. The number of pyridine rings is 1. The lowest BCUT2D eigenvalue weighted by Gasteiger charge is -2.26. The number of nitrogens with zero attached hydrogens (tertiary/aromatic N) is 1. The first-order valence-electron chi connectivity index (χ1n) is 9.48. The van der Waals surface area contributed by atoms with Crippen molar-refractivity contribution in [1.82, 2.24) is 15.6 Å². The molecule has 0 aliphatic heterocycles. The Hall–Kier alpha value is -3.09. The van der Waals surface area contributed by atoms with Crippen LogP contribution in [0.15, 0.2) is 48.8 Å². The van der Waals surface area contributed by atoms with Crippen LogP contribution in [0.1, 0.15) is 36.8 Å². The smallest absolute Gasteiger partial charge is 0.315 e. The maximum atomic E-state index is 12.2. The summed E-state index contributed by atoms with van der Waals surface area (Å²) in [7, 11) is 0. The summed E-state index contributed by atoms with van der Waals surface area (Å²) >= 11 is 0. The number of rotatable bonds is 7. The molecule has 2 aromatic rings. The Morgan fingerprint density at radius 2 is 1.86 bits per heavy atom. The first kappa shape index (κ1) is 19.7. The number of amides is 2. The highest BCUT2D eigenvalue weighted by molar-refractivity contribution is 5.74. The van der Waals surface area contributed by atoms with Crippen LogP contribution in [0.4, 0.5) is 4.79 Å². The molecule has 1 aromatic heterocycles. The summed E-state index contributed by atoms with van der Waals surface area (Å²) in [5.74, 6) is -0.403. The van der Waals surface area contributed by atoms with Crippen LogP contribution in [0.3, 0.4) is 0 Å². The number of carbonyl (C=O) groups is 2. The highest BCUT2D eigenvalue weighted by Gasteiger charge is 2.26. The van der Waals surface area contributed by atoms with Crippen LogP contribution in [0, 0.1) is 5.92 Å². The van der Waals surface area contributed by atoms with Gasteiger partial charge in [-0.15, -0.1) is 0 Å². The lowest BCUT2D eigenvalue weighted by Crippen LogP contribution is -2.43. The molecule has 0 bridgehead atoms. The number of hydrogen-bond donors (Lipinski definition) is 3. The van der Waals surface area contributed by atoms with Gasteiger partial charge < -0.3 is 20.5 Å². The van der Waals surface area contributed by atoms with E-state index in [2.05, 4.69) is 15.6 Å². The molecule has 1 saturated carbocycles. The molecule has 1 heterocycles. The average Bonchev–Trinajstić information content (AvgIpc) is 2.72. The highest BCUT2D eigenvalue weighted by Crippen LogP contribution is 2.24. The summed E-state index contributed by atoms with van der Waals surface area (Å²) < 4.78 is 5.85. The fourth-order valence-electron chi connectivity index (χ4n) is 3.32. The molecule has 0 saturated heterocycles. The third-order valence-corrected chi connectivity index (χ3v) is 4.96. The molecule has 3 N–H and O–H groups in total. The Morgan fingerprint density at radius 1 is 1.11 bits per heavy atom. The molecule has 1 aliphatic carbocycles. The van der Waals surface area contributed by atoms with Gasteiger partial charge in [0.2, 0.25) is 0 Å². The number of hydrogen-bond acceptors (Lipinski definition) is 4. The average molecular weight is 383 g/mol. The Kier molecular flexibility index (Phi) is 6.84. The first-order chi connectivity index (χ1) is 13.6. The summed E-state index contributed by atoms with van der Waals surface area (Å²) in [6, 6.07) is 11.4. The van der Waals surface area contributed by atoms with Gasteiger partial charge in [0, 0.05) is 24.3 Å². The highest BCUT2D eigenvalue weighted by atomic mass is 16.5. The Morgan fingerprint density at radius 3 is 2.57 bits per heavy atom. The molecule has 0 atom stereocenters. The van der Waals surface area contributed by atoms with E-state index in [1.165, 1.54) is 0 Å². The second-order valence-electron chi connectivity index (χ2n) is 6.97. The molecule has 148 valence electrons. The van der Waals surface area contributed by atoms with Gasteiger partial charge in [-0.25, -0.2) is 4.79 Å². The van der Waals surface area contributed by atoms with Crippen molar-refractivity contribution in [3.05, 3.63) is 59.9 Å². The second kappa shape index (κ2) is 9.73. The summed E-state index contributed by atoms with van der Waals surface area (Å²) in [5.41, 5.74) is 1.90. The minimum absolute atomic E-state index is 0.0156. The molecule has 1 aliphatic rings. The predicted molar refractivity (Wildman–Crippen MR) is 104 cm³/mol.